The Labute approximate surface area is 128 Å². The zero-order chi connectivity index (χ0) is 15.0. The molecular weight excluding hydrogens is 288 g/mol. The number of Topliss-reactive ketones (excluding diaryl/α,β-unsaturated/α-hetero) is 1. The lowest BCUT2D eigenvalue weighted by Gasteiger charge is -2.24. The van der Waals surface area contributed by atoms with Gasteiger partial charge in [-0.25, -0.2) is 0 Å². The van der Waals surface area contributed by atoms with Crippen molar-refractivity contribution in [3.8, 4) is 5.75 Å². The lowest BCUT2D eigenvalue weighted by molar-refractivity contribution is -0.120. The Bertz CT molecular complexity index is 694. The zero-order valence-electron chi connectivity index (χ0n) is 12.1. The molecule has 110 valence electrons. The summed E-state index contributed by atoms with van der Waals surface area (Å²) in [4.78, 5) is 12.7. The van der Waals surface area contributed by atoms with Crippen LogP contribution in [0.2, 0.25) is 5.02 Å². The standard InChI is InChI=1S/C16H17ClN2O2/c1-10-16(17)13(19(2)18-10)9-14(20)11-7-8-21-15-6-4-3-5-12(11)15/h3-6,11H,7-9H2,1-2H3. The Morgan fingerprint density at radius 3 is 2.95 bits per heavy atom. The van der Waals surface area contributed by atoms with Crippen LogP contribution in [0.1, 0.15) is 29.3 Å². The maximum absolute atomic E-state index is 12.7. The molecule has 1 aliphatic heterocycles. The number of hydrogen-bond acceptors (Lipinski definition) is 3. The second-order valence-electron chi connectivity index (χ2n) is 5.34. The van der Waals surface area contributed by atoms with E-state index in [-0.39, 0.29) is 11.7 Å². The summed E-state index contributed by atoms with van der Waals surface area (Å²) in [5, 5.41) is 4.85. The van der Waals surface area contributed by atoms with Gasteiger partial charge in [-0.3, -0.25) is 9.48 Å². The molecule has 5 heteroatoms. The van der Waals surface area contributed by atoms with Crippen molar-refractivity contribution in [3.63, 3.8) is 0 Å². The van der Waals surface area contributed by atoms with Gasteiger partial charge in [-0.05, 0) is 19.4 Å². The van der Waals surface area contributed by atoms with E-state index in [2.05, 4.69) is 5.10 Å². The van der Waals surface area contributed by atoms with Crippen molar-refractivity contribution in [2.24, 2.45) is 7.05 Å². The number of carbonyl (C=O) groups is 1. The normalized spacial score (nSPS) is 17.2. The molecule has 0 aliphatic carbocycles. The van der Waals surface area contributed by atoms with Crippen LogP contribution in [0.5, 0.6) is 5.75 Å². The average molecular weight is 305 g/mol. The molecule has 0 saturated heterocycles. The summed E-state index contributed by atoms with van der Waals surface area (Å²) in [6.07, 6.45) is 1.01. The summed E-state index contributed by atoms with van der Waals surface area (Å²) < 4.78 is 7.31. The molecule has 3 rings (SSSR count). The van der Waals surface area contributed by atoms with Crippen molar-refractivity contribution in [3.05, 3.63) is 46.2 Å². The molecule has 0 bridgehead atoms. The number of rotatable bonds is 3. The quantitative estimate of drug-likeness (QED) is 0.875. The molecule has 1 aromatic heterocycles. The minimum absolute atomic E-state index is 0.124. The van der Waals surface area contributed by atoms with Crippen molar-refractivity contribution in [1.82, 2.24) is 9.78 Å². The van der Waals surface area contributed by atoms with E-state index in [1.165, 1.54) is 0 Å². The number of halogens is 1. The number of aromatic nitrogens is 2. The van der Waals surface area contributed by atoms with E-state index < -0.39 is 0 Å². The Hall–Kier alpha value is -1.81. The van der Waals surface area contributed by atoms with Gasteiger partial charge in [-0.15, -0.1) is 0 Å². The lowest BCUT2D eigenvalue weighted by atomic mass is 9.87. The first kappa shape index (κ1) is 14.1. The number of benzene rings is 1. The van der Waals surface area contributed by atoms with Crippen LogP contribution < -0.4 is 4.74 Å². The van der Waals surface area contributed by atoms with E-state index in [0.29, 0.717) is 24.5 Å². The van der Waals surface area contributed by atoms with Gasteiger partial charge in [0.2, 0.25) is 0 Å². The third kappa shape index (κ3) is 2.56. The maximum atomic E-state index is 12.7. The van der Waals surface area contributed by atoms with Crippen LogP contribution in [-0.4, -0.2) is 22.2 Å². The van der Waals surface area contributed by atoms with Crippen LogP contribution in [0.15, 0.2) is 24.3 Å². The van der Waals surface area contributed by atoms with Gasteiger partial charge >= 0.3 is 0 Å². The second kappa shape index (κ2) is 5.53. The Kier molecular flexibility index (Phi) is 3.72. The van der Waals surface area contributed by atoms with E-state index in [0.717, 1.165) is 22.7 Å². The molecule has 1 aliphatic rings. The Balaban J connectivity index is 1.87. The number of ketones is 1. The summed E-state index contributed by atoms with van der Waals surface area (Å²) >= 11 is 6.24. The Morgan fingerprint density at radius 2 is 2.24 bits per heavy atom. The molecule has 0 saturated carbocycles. The fourth-order valence-corrected chi connectivity index (χ4v) is 3.06. The summed E-state index contributed by atoms with van der Waals surface area (Å²) in [7, 11) is 1.82. The molecule has 2 heterocycles. The van der Waals surface area contributed by atoms with Gasteiger partial charge in [0.1, 0.15) is 11.5 Å². The average Bonchev–Trinajstić information content (AvgIpc) is 2.73. The molecule has 0 spiro atoms. The van der Waals surface area contributed by atoms with Gasteiger partial charge in [-0.1, -0.05) is 29.8 Å². The molecule has 21 heavy (non-hydrogen) atoms. The van der Waals surface area contributed by atoms with Crippen LogP contribution in [0, 0.1) is 6.92 Å². The summed E-state index contributed by atoms with van der Waals surface area (Å²) in [6, 6.07) is 7.74. The highest BCUT2D eigenvalue weighted by Gasteiger charge is 2.28. The summed E-state index contributed by atoms with van der Waals surface area (Å²) in [6.45, 7) is 2.42. The second-order valence-corrected chi connectivity index (χ2v) is 5.72. The highest BCUT2D eigenvalue weighted by Crippen LogP contribution is 2.35. The predicted molar refractivity (Wildman–Crippen MR) is 81.0 cm³/mol. The largest absolute Gasteiger partial charge is 0.493 e. The van der Waals surface area contributed by atoms with Gasteiger partial charge < -0.3 is 4.74 Å². The summed E-state index contributed by atoms with van der Waals surface area (Å²) in [5.74, 6) is 0.853. The third-order valence-corrected chi connectivity index (χ3v) is 4.44. The number of hydrogen-bond donors (Lipinski definition) is 0. The Morgan fingerprint density at radius 1 is 1.48 bits per heavy atom. The number of aryl methyl sites for hydroxylation is 2. The predicted octanol–water partition coefficient (Wildman–Crippen LogP) is 3.06. The van der Waals surface area contributed by atoms with Gasteiger partial charge in [0.15, 0.2) is 0 Å². The number of ether oxygens (including phenoxy) is 1. The topological polar surface area (TPSA) is 44.1 Å². The fraction of sp³-hybridized carbons (Fsp3) is 0.375. The highest BCUT2D eigenvalue weighted by atomic mass is 35.5. The van der Waals surface area contributed by atoms with E-state index in [1.54, 1.807) is 4.68 Å². The third-order valence-electron chi connectivity index (χ3n) is 3.95. The van der Waals surface area contributed by atoms with E-state index >= 15 is 0 Å². The van der Waals surface area contributed by atoms with Gasteiger partial charge in [0.25, 0.3) is 0 Å². The van der Waals surface area contributed by atoms with Crippen LogP contribution in [0.25, 0.3) is 0 Å². The number of para-hydroxylation sites is 1. The number of nitrogens with zero attached hydrogens (tertiary/aromatic N) is 2. The molecule has 1 atom stereocenters. The molecule has 0 N–H and O–H groups in total. The highest BCUT2D eigenvalue weighted by molar-refractivity contribution is 6.32. The molecule has 0 radical (unpaired) electrons. The maximum Gasteiger partial charge on any atom is 0.146 e. The van der Waals surface area contributed by atoms with Gasteiger partial charge in [0, 0.05) is 18.5 Å². The first-order chi connectivity index (χ1) is 10.1. The minimum Gasteiger partial charge on any atom is -0.493 e. The summed E-state index contributed by atoms with van der Waals surface area (Å²) in [5.41, 5.74) is 2.52. The van der Waals surface area contributed by atoms with Crippen molar-refractivity contribution in [2.75, 3.05) is 6.61 Å². The molecule has 1 aromatic carbocycles. The van der Waals surface area contributed by atoms with Crippen LogP contribution in [-0.2, 0) is 18.3 Å². The van der Waals surface area contributed by atoms with Crippen molar-refractivity contribution < 1.29 is 9.53 Å². The monoisotopic (exact) mass is 304 g/mol. The fourth-order valence-electron chi connectivity index (χ4n) is 2.84. The molecule has 2 aromatic rings. The first-order valence-electron chi connectivity index (χ1n) is 7.00. The zero-order valence-corrected chi connectivity index (χ0v) is 12.9. The molecule has 4 nitrogen and oxygen atoms in total. The molecule has 0 fully saturated rings. The smallest absolute Gasteiger partial charge is 0.146 e. The van der Waals surface area contributed by atoms with Crippen LogP contribution in [0.3, 0.4) is 0 Å². The van der Waals surface area contributed by atoms with Gasteiger partial charge in [-0.2, -0.15) is 5.10 Å². The lowest BCUT2D eigenvalue weighted by Crippen LogP contribution is -2.23. The van der Waals surface area contributed by atoms with E-state index in [9.17, 15) is 4.79 Å². The number of carbonyl (C=O) groups excluding carboxylic acids is 1. The van der Waals surface area contributed by atoms with E-state index in [1.807, 2.05) is 38.2 Å². The van der Waals surface area contributed by atoms with Crippen molar-refractivity contribution in [1.29, 1.82) is 0 Å². The van der Waals surface area contributed by atoms with Crippen molar-refractivity contribution >= 4 is 17.4 Å². The minimum atomic E-state index is -0.124. The molecule has 0 amide bonds. The van der Waals surface area contributed by atoms with Crippen LogP contribution >= 0.6 is 11.6 Å². The van der Waals surface area contributed by atoms with Crippen molar-refractivity contribution in [2.45, 2.75) is 25.7 Å². The molecule has 1 unspecified atom stereocenters. The van der Waals surface area contributed by atoms with Crippen LogP contribution in [0.4, 0.5) is 0 Å². The molecular formula is C16H17ClN2O2. The van der Waals surface area contributed by atoms with E-state index in [4.69, 9.17) is 16.3 Å². The first-order valence-corrected chi connectivity index (χ1v) is 7.38. The SMILES string of the molecule is Cc1nn(C)c(CC(=O)C2CCOc3ccccc32)c1Cl. The number of fused-ring (bicyclic) bond motifs is 1. The van der Waals surface area contributed by atoms with Gasteiger partial charge in [0.05, 0.1) is 29.4 Å².